The van der Waals surface area contributed by atoms with Crippen LogP contribution < -0.4 is 0 Å². The first kappa shape index (κ1) is 22.7. The predicted octanol–water partition coefficient (Wildman–Crippen LogP) is 4.64. The summed E-state index contributed by atoms with van der Waals surface area (Å²) >= 11 is 0. The smallest absolute Gasteiger partial charge is 0.321 e. The first-order valence-corrected chi connectivity index (χ1v) is 11.5. The summed E-state index contributed by atoms with van der Waals surface area (Å²) in [4.78, 5) is 12.2. The van der Waals surface area contributed by atoms with Gasteiger partial charge in [-0.15, -0.1) is 0 Å². The van der Waals surface area contributed by atoms with Crippen molar-refractivity contribution in [2.24, 2.45) is 0 Å². The summed E-state index contributed by atoms with van der Waals surface area (Å²) in [5, 5.41) is 0. The minimum atomic E-state index is -3.91. The summed E-state index contributed by atoms with van der Waals surface area (Å²) in [6.45, 7) is 5.60. The lowest BCUT2D eigenvalue weighted by Gasteiger charge is -2.23. The first-order valence-electron chi connectivity index (χ1n) is 10.0. The molecule has 162 valence electrons. The third kappa shape index (κ3) is 5.21. The Morgan fingerprint density at radius 2 is 1.52 bits per heavy atom. The van der Waals surface area contributed by atoms with E-state index in [1.54, 1.807) is 24.3 Å². The first-order chi connectivity index (χ1) is 14.7. The molecule has 0 aromatic heterocycles. The van der Waals surface area contributed by atoms with E-state index in [9.17, 15) is 13.2 Å². The van der Waals surface area contributed by atoms with E-state index >= 15 is 0 Å². The molecule has 0 atom stereocenters. The quantitative estimate of drug-likeness (QED) is 0.505. The van der Waals surface area contributed by atoms with Crippen molar-refractivity contribution in [2.45, 2.75) is 32.2 Å². The van der Waals surface area contributed by atoms with E-state index in [0.29, 0.717) is 0 Å². The molecular weight excluding hydrogens is 410 g/mol. The van der Waals surface area contributed by atoms with Gasteiger partial charge >= 0.3 is 5.97 Å². The minimum absolute atomic E-state index is 0.0522. The molecule has 0 saturated heterocycles. The maximum atomic E-state index is 13.4. The molecule has 0 heterocycles. The zero-order valence-electron chi connectivity index (χ0n) is 18.3. The number of rotatable bonds is 7. The molecule has 3 aromatic rings. The van der Waals surface area contributed by atoms with Gasteiger partial charge in [0.05, 0.1) is 12.0 Å². The van der Waals surface area contributed by atoms with Crippen molar-refractivity contribution >= 4 is 16.0 Å². The van der Waals surface area contributed by atoms with E-state index in [4.69, 9.17) is 4.74 Å². The predicted molar refractivity (Wildman–Crippen MR) is 122 cm³/mol. The third-order valence-corrected chi connectivity index (χ3v) is 7.15. The van der Waals surface area contributed by atoms with Crippen LogP contribution in [0.3, 0.4) is 0 Å². The minimum Gasteiger partial charge on any atom is -0.468 e. The number of ether oxygens (including phenoxy) is 1. The molecule has 3 rings (SSSR count). The Morgan fingerprint density at radius 3 is 2.13 bits per heavy atom. The highest BCUT2D eigenvalue weighted by Gasteiger charge is 2.28. The summed E-state index contributed by atoms with van der Waals surface area (Å²) in [7, 11) is -2.66. The molecule has 0 aliphatic carbocycles. The maximum Gasteiger partial charge on any atom is 0.321 e. The van der Waals surface area contributed by atoms with Crippen LogP contribution in [0.2, 0.25) is 0 Å². The van der Waals surface area contributed by atoms with Gasteiger partial charge in [0.15, 0.2) is 0 Å². The maximum absolute atomic E-state index is 13.4. The standard InChI is InChI=1S/C25H27NO4S/c1-18-10-12-23(13-11-18)31(28,29)26(17-25(27)30-4)16-22-14-19(2)20(3)15-24(22)21-8-6-5-7-9-21/h5-15H,16-17H2,1-4H3. The number of hydrogen-bond donors (Lipinski definition) is 0. The molecule has 31 heavy (non-hydrogen) atoms. The van der Waals surface area contributed by atoms with Crippen molar-refractivity contribution in [3.8, 4) is 11.1 Å². The molecule has 0 spiro atoms. The fraction of sp³-hybridized carbons (Fsp3) is 0.240. The Hall–Kier alpha value is -2.96. The van der Waals surface area contributed by atoms with Crippen LogP contribution in [-0.4, -0.2) is 32.3 Å². The Balaban J connectivity index is 2.09. The van der Waals surface area contributed by atoms with Gasteiger partial charge < -0.3 is 4.74 Å². The van der Waals surface area contributed by atoms with Crippen LogP contribution in [-0.2, 0) is 26.1 Å². The largest absolute Gasteiger partial charge is 0.468 e. The number of benzene rings is 3. The lowest BCUT2D eigenvalue weighted by atomic mass is 9.94. The van der Waals surface area contributed by atoms with Crippen molar-refractivity contribution in [3.05, 3.63) is 89.0 Å². The van der Waals surface area contributed by atoms with Crippen molar-refractivity contribution in [1.29, 1.82) is 0 Å². The van der Waals surface area contributed by atoms with Crippen molar-refractivity contribution in [1.82, 2.24) is 4.31 Å². The van der Waals surface area contributed by atoms with Gasteiger partial charge in [-0.2, -0.15) is 4.31 Å². The molecule has 0 fully saturated rings. The average Bonchev–Trinajstić information content (AvgIpc) is 2.76. The van der Waals surface area contributed by atoms with Gasteiger partial charge in [-0.3, -0.25) is 4.79 Å². The van der Waals surface area contributed by atoms with E-state index in [0.717, 1.165) is 33.4 Å². The summed E-state index contributed by atoms with van der Waals surface area (Å²) < 4.78 is 32.8. The third-order valence-electron chi connectivity index (χ3n) is 5.34. The molecule has 0 aliphatic rings. The second-order valence-electron chi connectivity index (χ2n) is 7.62. The molecule has 6 heteroatoms. The molecular formula is C25H27NO4S. The second-order valence-corrected chi connectivity index (χ2v) is 9.56. The summed E-state index contributed by atoms with van der Waals surface area (Å²) in [6.07, 6.45) is 0. The molecule has 3 aromatic carbocycles. The highest BCUT2D eigenvalue weighted by atomic mass is 32.2. The van der Waals surface area contributed by atoms with Crippen LogP contribution >= 0.6 is 0 Å². The molecule has 0 radical (unpaired) electrons. The summed E-state index contributed by atoms with van der Waals surface area (Å²) in [5.74, 6) is -0.610. The van der Waals surface area contributed by atoms with Crippen LogP contribution in [0, 0.1) is 20.8 Å². The molecule has 0 aliphatic heterocycles. The van der Waals surface area contributed by atoms with Crippen LogP contribution in [0.4, 0.5) is 0 Å². The normalized spacial score (nSPS) is 11.5. The van der Waals surface area contributed by atoms with Gasteiger partial charge in [0.25, 0.3) is 0 Å². The number of carbonyl (C=O) groups is 1. The lowest BCUT2D eigenvalue weighted by molar-refractivity contribution is -0.140. The highest BCUT2D eigenvalue weighted by molar-refractivity contribution is 7.89. The fourth-order valence-corrected chi connectivity index (χ4v) is 4.74. The highest BCUT2D eigenvalue weighted by Crippen LogP contribution is 2.29. The zero-order chi connectivity index (χ0) is 22.6. The van der Waals surface area contributed by atoms with Crippen LogP contribution in [0.5, 0.6) is 0 Å². The monoisotopic (exact) mass is 437 g/mol. The zero-order valence-corrected chi connectivity index (χ0v) is 19.1. The SMILES string of the molecule is COC(=O)CN(Cc1cc(C)c(C)cc1-c1ccccc1)S(=O)(=O)c1ccc(C)cc1. The van der Waals surface area contributed by atoms with Gasteiger partial charge in [0.2, 0.25) is 10.0 Å². The van der Waals surface area contributed by atoms with Crippen molar-refractivity contribution in [3.63, 3.8) is 0 Å². The Morgan fingerprint density at radius 1 is 0.903 bits per heavy atom. The molecule has 0 unspecified atom stereocenters. The van der Waals surface area contributed by atoms with E-state index in [1.165, 1.54) is 11.4 Å². The van der Waals surface area contributed by atoms with E-state index in [1.807, 2.05) is 57.2 Å². The van der Waals surface area contributed by atoms with E-state index in [-0.39, 0.29) is 18.0 Å². The van der Waals surface area contributed by atoms with E-state index in [2.05, 4.69) is 6.07 Å². The number of nitrogens with zero attached hydrogens (tertiary/aromatic N) is 1. The molecule has 0 bridgehead atoms. The Bertz CT molecular complexity index is 1170. The molecule has 5 nitrogen and oxygen atoms in total. The lowest BCUT2D eigenvalue weighted by Crippen LogP contribution is -2.36. The van der Waals surface area contributed by atoms with Gasteiger partial charge in [-0.25, -0.2) is 8.42 Å². The number of hydrogen-bond acceptors (Lipinski definition) is 4. The molecule has 0 saturated carbocycles. The number of aryl methyl sites for hydroxylation is 3. The Labute approximate surface area is 184 Å². The average molecular weight is 438 g/mol. The van der Waals surface area contributed by atoms with Gasteiger partial charge in [-0.05, 0) is 60.7 Å². The second kappa shape index (κ2) is 9.45. The van der Waals surface area contributed by atoms with E-state index < -0.39 is 16.0 Å². The molecule has 0 amide bonds. The van der Waals surface area contributed by atoms with Crippen LogP contribution in [0.25, 0.3) is 11.1 Å². The van der Waals surface area contributed by atoms with Crippen LogP contribution in [0.1, 0.15) is 22.3 Å². The van der Waals surface area contributed by atoms with Gasteiger partial charge in [0, 0.05) is 6.54 Å². The summed E-state index contributed by atoms with van der Waals surface area (Å²) in [5.41, 5.74) is 5.89. The van der Waals surface area contributed by atoms with Gasteiger partial charge in [0.1, 0.15) is 6.54 Å². The van der Waals surface area contributed by atoms with Crippen LogP contribution in [0.15, 0.2) is 71.6 Å². The fourth-order valence-electron chi connectivity index (χ4n) is 3.38. The Kier molecular flexibility index (Phi) is 6.93. The number of esters is 1. The topological polar surface area (TPSA) is 63.7 Å². The van der Waals surface area contributed by atoms with Crippen molar-refractivity contribution < 1.29 is 17.9 Å². The number of sulfonamides is 1. The van der Waals surface area contributed by atoms with Crippen molar-refractivity contribution in [2.75, 3.05) is 13.7 Å². The van der Waals surface area contributed by atoms with Gasteiger partial charge in [-0.1, -0.05) is 60.2 Å². The number of methoxy groups -OCH3 is 1. The number of carbonyl (C=O) groups excluding carboxylic acids is 1. The summed E-state index contributed by atoms with van der Waals surface area (Å²) in [6, 6.07) is 20.5. The molecule has 0 N–H and O–H groups in total.